The van der Waals surface area contributed by atoms with Crippen LogP contribution < -0.4 is 10.2 Å². The third-order valence-corrected chi connectivity index (χ3v) is 2.79. The Morgan fingerprint density at radius 2 is 1.75 bits per heavy atom. The summed E-state index contributed by atoms with van der Waals surface area (Å²) in [7, 11) is -1.50. The minimum atomic E-state index is -1.50. The lowest BCUT2D eigenvalue weighted by molar-refractivity contribution is 0.557. The first-order chi connectivity index (χ1) is 6.92. The largest absolute Gasteiger partial charge is 0.544 e. The van der Waals surface area contributed by atoms with Crippen LogP contribution in [0.2, 0.25) is 19.6 Å². The predicted octanol–water partition coefficient (Wildman–Crippen LogP) is 3.51. The summed E-state index contributed by atoms with van der Waals surface area (Å²) >= 11 is 0. The number of benzene rings is 1. The van der Waals surface area contributed by atoms with E-state index in [0.29, 0.717) is 0 Å². The van der Waals surface area contributed by atoms with Gasteiger partial charge in [-0.25, -0.2) is 0 Å². The molecule has 1 rings (SSSR count). The van der Waals surface area contributed by atoms with Crippen LogP contribution in [0.3, 0.4) is 0 Å². The van der Waals surface area contributed by atoms with Gasteiger partial charge < -0.3 is 10.2 Å². The summed E-state index contributed by atoms with van der Waals surface area (Å²) in [6.45, 7) is 10.2. The molecule has 0 heterocycles. The summed E-state index contributed by atoms with van der Waals surface area (Å²) in [5.41, 5.74) is 6.88. The van der Waals surface area contributed by atoms with Gasteiger partial charge >= 0.3 is 0 Å². The van der Waals surface area contributed by atoms with Crippen molar-refractivity contribution in [2.45, 2.75) is 25.7 Å². The lowest BCUT2D eigenvalue weighted by atomic mass is 10.1. The minimum Gasteiger partial charge on any atom is -0.544 e. The van der Waals surface area contributed by atoms with E-state index in [1.807, 2.05) is 24.3 Å². The van der Waals surface area contributed by atoms with E-state index in [4.69, 9.17) is 10.2 Å². The van der Waals surface area contributed by atoms with Crippen molar-refractivity contribution in [3.8, 4) is 5.75 Å². The molecule has 0 saturated carbocycles. The first kappa shape index (κ1) is 15.2. The van der Waals surface area contributed by atoms with E-state index in [2.05, 4.69) is 26.2 Å². The maximum absolute atomic E-state index is 5.84. The van der Waals surface area contributed by atoms with Crippen LogP contribution in [0.25, 0.3) is 0 Å². The summed E-state index contributed by atoms with van der Waals surface area (Å²) < 4.78 is 5.84. The Morgan fingerprint density at radius 3 is 2.12 bits per heavy atom. The third-order valence-electron chi connectivity index (χ3n) is 1.94. The van der Waals surface area contributed by atoms with Crippen molar-refractivity contribution < 1.29 is 4.43 Å². The quantitative estimate of drug-likeness (QED) is 0.662. The van der Waals surface area contributed by atoms with E-state index in [0.717, 1.165) is 11.3 Å². The standard InChI is InChI=1S/C12H19NOSi.ClH/c1-5-12(13)10-6-8-11(9-7-10)14-15(2,3)4;/h5-9,12H,1,13H2,2-4H3;1H/t12-;/m1./s1. The van der Waals surface area contributed by atoms with Gasteiger partial charge in [0, 0.05) is 6.04 Å². The fourth-order valence-corrected chi connectivity index (χ4v) is 2.09. The lowest BCUT2D eigenvalue weighted by Gasteiger charge is -2.19. The monoisotopic (exact) mass is 257 g/mol. The van der Waals surface area contributed by atoms with Crippen molar-refractivity contribution in [3.63, 3.8) is 0 Å². The molecule has 0 radical (unpaired) electrons. The summed E-state index contributed by atoms with van der Waals surface area (Å²) in [6.07, 6.45) is 1.73. The zero-order valence-electron chi connectivity index (χ0n) is 10.1. The predicted molar refractivity (Wildman–Crippen MR) is 74.8 cm³/mol. The van der Waals surface area contributed by atoms with E-state index in [1.54, 1.807) is 6.08 Å². The van der Waals surface area contributed by atoms with Gasteiger partial charge in [-0.15, -0.1) is 19.0 Å². The molecule has 1 aromatic carbocycles. The minimum absolute atomic E-state index is 0. The highest BCUT2D eigenvalue weighted by Crippen LogP contribution is 2.19. The van der Waals surface area contributed by atoms with E-state index in [1.165, 1.54) is 0 Å². The molecule has 0 aliphatic heterocycles. The van der Waals surface area contributed by atoms with Gasteiger partial charge in [0.25, 0.3) is 0 Å². The van der Waals surface area contributed by atoms with Crippen LogP contribution in [0.15, 0.2) is 36.9 Å². The zero-order chi connectivity index (χ0) is 11.5. The molecule has 0 saturated heterocycles. The molecule has 0 fully saturated rings. The van der Waals surface area contributed by atoms with Crippen LogP contribution in [0.1, 0.15) is 11.6 Å². The maximum atomic E-state index is 5.84. The van der Waals surface area contributed by atoms with Gasteiger partial charge in [0.1, 0.15) is 5.75 Å². The summed E-state index contributed by atoms with van der Waals surface area (Å²) in [4.78, 5) is 0. The molecule has 0 aromatic heterocycles. The van der Waals surface area contributed by atoms with Crippen LogP contribution in [-0.2, 0) is 0 Å². The van der Waals surface area contributed by atoms with E-state index in [-0.39, 0.29) is 18.4 Å². The van der Waals surface area contributed by atoms with E-state index < -0.39 is 8.32 Å². The van der Waals surface area contributed by atoms with E-state index in [9.17, 15) is 0 Å². The van der Waals surface area contributed by atoms with Gasteiger partial charge in [0.05, 0.1) is 0 Å². The Morgan fingerprint density at radius 1 is 1.25 bits per heavy atom. The molecule has 0 amide bonds. The Labute approximate surface area is 105 Å². The fourth-order valence-electron chi connectivity index (χ4n) is 1.25. The number of nitrogens with two attached hydrogens (primary N) is 1. The van der Waals surface area contributed by atoms with Crippen molar-refractivity contribution in [3.05, 3.63) is 42.5 Å². The second-order valence-electron chi connectivity index (χ2n) is 4.54. The fraction of sp³-hybridized carbons (Fsp3) is 0.333. The van der Waals surface area contributed by atoms with Crippen LogP contribution in [-0.4, -0.2) is 8.32 Å². The summed E-state index contributed by atoms with van der Waals surface area (Å²) in [5, 5.41) is 0. The normalized spacial score (nSPS) is 12.5. The van der Waals surface area contributed by atoms with E-state index >= 15 is 0 Å². The molecule has 2 nitrogen and oxygen atoms in total. The topological polar surface area (TPSA) is 35.2 Å². The molecule has 0 aliphatic carbocycles. The van der Waals surface area contributed by atoms with Crippen molar-refractivity contribution in [1.82, 2.24) is 0 Å². The molecule has 1 aromatic rings. The molecule has 0 unspecified atom stereocenters. The van der Waals surface area contributed by atoms with Crippen LogP contribution >= 0.6 is 12.4 Å². The highest BCUT2D eigenvalue weighted by Gasteiger charge is 2.15. The molecule has 0 bridgehead atoms. The molecule has 0 spiro atoms. The van der Waals surface area contributed by atoms with Crippen molar-refractivity contribution in [2.75, 3.05) is 0 Å². The molecular weight excluding hydrogens is 238 g/mol. The lowest BCUT2D eigenvalue weighted by Crippen LogP contribution is -2.29. The average Bonchev–Trinajstić information content (AvgIpc) is 2.15. The van der Waals surface area contributed by atoms with Gasteiger partial charge in [-0.3, -0.25) is 0 Å². The van der Waals surface area contributed by atoms with Gasteiger partial charge in [-0.05, 0) is 37.3 Å². The first-order valence-electron chi connectivity index (χ1n) is 5.09. The number of halogens is 1. The Hall–Kier alpha value is -0.773. The highest BCUT2D eigenvalue weighted by molar-refractivity contribution is 6.70. The van der Waals surface area contributed by atoms with Gasteiger partial charge in [0.2, 0.25) is 8.32 Å². The second-order valence-corrected chi connectivity index (χ2v) is 8.97. The Balaban J connectivity index is 0.00000225. The number of hydrogen-bond acceptors (Lipinski definition) is 2. The maximum Gasteiger partial charge on any atom is 0.242 e. The molecular formula is C12H20ClNOSi. The summed E-state index contributed by atoms with van der Waals surface area (Å²) in [6, 6.07) is 7.82. The SMILES string of the molecule is C=C[C@@H](N)c1ccc(O[Si](C)(C)C)cc1.Cl. The Kier molecular flexibility index (Phi) is 5.79. The molecule has 90 valence electrons. The zero-order valence-corrected chi connectivity index (χ0v) is 11.9. The molecule has 0 aliphatic rings. The summed E-state index contributed by atoms with van der Waals surface area (Å²) in [5.74, 6) is 0.925. The van der Waals surface area contributed by atoms with Gasteiger partial charge in [0.15, 0.2) is 0 Å². The average molecular weight is 258 g/mol. The van der Waals surface area contributed by atoms with Crippen molar-refractivity contribution in [2.24, 2.45) is 5.73 Å². The van der Waals surface area contributed by atoms with Crippen LogP contribution in [0.5, 0.6) is 5.75 Å². The smallest absolute Gasteiger partial charge is 0.242 e. The van der Waals surface area contributed by atoms with Crippen LogP contribution in [0.4, 0.5) is 0 Å². The van der Waals surface area contributed by atoms with Crippen molar-refractivity contribution in [1.29, 1.82) is 0 Å². The second kappa shape index (κ2) is 6.08. The number of rotatable bonds is 4. The van der Waals surface area contributed by atoms with Gasteiger partial charge in [-0.2, -0.15) is 0 Å². The molecule has 2 N–H and O–H groups in total. The first-order valence-corrected chi connectivity index (χ1v) is 8.50. The number of hydrogen-bond donors (Lipinski definition) is 1. The van der Waals surface area contributed by atoms with Gasteiger partial charge in [-0.1, -0.05) is 18.2 Å². The Bertz CT molecular complexity index is 332. The van der Waals surface area contributed by atoms with Crippen molar-refractivity contribution >= 4 is 20.7 Å². The van der Waals surface area contributed by atoms with Crippen LogP contribution in [0, 0.1) is 0 Å². The molecule has 16 heavy (non-hydrogen) atoms. The highest BCUT2D eigenvalue weighted by atomic mass is 35.5. The third kappa shape index (κ3) is 4.83. The molecule has 1 atom stereocenters. The molecule has 4 heteroatoms.